The third-order valence-corrected chi connectivity index (χ3v) is 2.61. The van der Waals surface area contributed by atoms with Crippen LogP contribution in [0.1, 0.15) is 17.3 Å². The Hall–Kier alpha value is -1.36. The maximum absolute atomic E-state index is 10.8. The molecule has 3 N–H and O–H groups in total. The van der Waals surface area contributed by atoms with E-state index in [2.05, 4.69) is 0 Å². The Balaban J connectivity index is 3.33. The van der Waals surface area contributed by atoms with Crippen molar-refractivity contribution in [3.8, 4) is 11.5 Å². The van der Waals surface area contributed by atoms with E-state index >= 15 is 0 Å². The fourth-order valence-corrected chi connectivity index (χ4v) is 1.90. The van der Waals surface area contributed by atoms with Crippen molar-refractivity contribution >= 4 is 17.7 Å². The second-order valence-corrected chi connectivity index (χ2v) is 3.82. The summed E-state index contributed by atoms with van der Waals surface area (Å²) in [6, 6.07) is 2.44. The number of thioether (sulfide) groups is 1. The first-order valence-electron chi connectivity index (χ1n) is 3.99. The molecule has 0 bridgehead atoms. The number of rotatable bonds is 3. The first kappa shape index (κ1) is 10.7. The van der Waals surface area contributed by atoms with Crippen molar-refractivity contribution in [1.82, 2.24) is 0 Å². The van der Waals surface area contributed by atoms with E-state index in [4.69, 9.17) is 5.11 Å². The molecule has 0 saturated heterocycles. The quantitative estimate of drug-likeness (QED) is 0.529. The Kier molecular flexibility index (Phi) is 3.24. The Morgan fingerprint density at radius 2 is 1.93 bits per heavy atom. The van der Waals surface area contributed by atoms with Crippen LogP contribution in [0, 0.1) is 0 Å². The van der Waals surface area contributed by atoms with Crippen LogP contribution in [0.2, 0.25) is 0 Å². The second kappa shape index (κ2) is 4.23. The average Bonchev–Trinajstić information content (AvgIpc) is 2.11. The molecule has 1 aromatic carbocycles. The lowest BCUT2D eigenvalue weighted by Gasteiger charge is -2.08. The number of phenols is 2. The van der Waals surface area contributed by atoms with Crippen molar-refractivity contribution in [3.63, 3.8) is 0 Å². The van der Waals surface area contributed by atoms with Crippen molar-refractivity contribution in [2.24, 2.45) is 0 Å². The van der Waals surface area contributed by atoms with Crippen molar-refractivity contribution in [3.05, 3.63) is 17.7 Å². The molecule has 1 aromatic rings. The molecule has 0 saturated carbocycles. The van der Waals surface area contributed by atoms with Crippen LogP contribution in [0.25, 0.3) is 0 Å². The predicted octanol–water partition coefficient (Wildman–Crippen LogP) is 1.91. The van der Waals surface area contributed by atoms with Gasteiger partial charge in [-0.05, 0) is 17.9 Å². The normalized spacial score (nSPS) is 10.1. The van der Waals surface area contributed by atoms with Crippen LogP contribution in [-0.2, 0) is 0 Å². The van der Waals surface area contributed by atoms with Gasteiger partial charge in [-0.3, -0.25) is 0 Å². The van der Waals surface area contributed by atoms with E-state index < -0.39 is 5.97 Å². The molecule has 0 atom stereocenters. The Morgan fingerprint density at radius 1 is 1.36 bits per heavy atom. The van der Waals surface area contributed by atoms with Crippen molar-refractivity contribution in [1.29, 1.82) is 0 Å². The maximum Gasteiger partial charge on any atom is 0.340 e. The number of carboxylic acids is 1. The Bertz CT molecular complexity index is 362. The van der Waals surface area contributed by atoms with Gasteiger partial charge in [0.05, 0.1) is 4.90 Å². The van der Waals surface area contributed by atoms with Crippen LogP contribution in [0.5, 0.6) is 11.5 Å². The van der Waals surface area contributed by atoms with Crippen molar-refractivity contribution in [2.45, 2.75) is 11.8 Å². The molecule has 76 valence electrons. The van der Waals surface area contributed by atoms with Crippen LogP contribution in [0.15, 0.2) is 17.0 Å². The van der Waals surface area contributed by atoms with Gasteiger partial charge >= 0.3 is 5.97 Å². The highest BCUT2D eigenvalue weighted by molar-refractivity contribution is 7.99. The summed E-state index contributed by atoms with van der Waals surface area (Å²) in [5.74, 6) is -1.07. The van der Waals surface area contributed by atoms with E-state index in [1.165, 1.54) is 23.9 Å². The number of benzene rings is 1. The average molecular weight is 214 g/mol. The summed E-state index contributed by atoms with van der Waals surface area (Å²) < 4.78 is 0. The number of phenolic OH excluding ortho intramolecular Hbond substituents is 1. The first-order valence-corrected chi connectivity index (χ1v) is 4.97. The number of carboxylic acid groups (broad SMARTS) is 1. The molecule has 5 heteroatoms. The fourth-order valence-electron chi connectivity index (χ4n) is 1.06. The second-order valence-electron chi connectivity index (χ2n) is 2.55. The highest BCUT2D eigenvalue weighted by Gasteiger charge is 2.18. The number of carbonyl (C=O) groups is 1. The third kappa shape index (κ3) is 1.93. The number of hydrogen-bond acceptors (Lipinski definition) is 4. The summed E-state index contributed by atoms with van der Waals surface area (Å²) in [6.45, 7) is 1.83. The molecule has 0 spiro atoms. The summed E-state index contributed by atoms with van der Waals surface area (Å²) >= 11 is 1.18. The van der Waals surface area contributed by atoms with Gasteiger partial charge in [-0.1, -0.05) is 6.92 Å². The smallest absolute Gasteiger partial charge is 0.340 e. The molecule has 0 aliphatic heterocycles. The van der Waals surface area contributed by atoms with Crippen LogP contribution in [0.3, 0.4) is 0 Å². The standard InChI is InChI=1S/C9H10O4S/c1-2-14-8-6(11)4-3-5(10)7(8)9(12)13/h3-4,10-11H,2H2,1H3,(H,12,13). The molecule has 0 unspecified atom stereocenters. The van der Waals surface area contributed by atoms with Crippen molar-refractivity contribution in [2.75, 3.05) is 5.75 Å². The van der Waals surface area contributed by atoms with Crippen LogP contribution >= 0.6 is 11.8 Å². The SMILES string of the molecule is CCSc1c(O)ccc(O)c1C(=O)O. The zero-order valence-electron chi connectivity index (χ0n) is 7.52. The monoisotopic (exact) mass is 214 g/mol. The molecule has 0 radical (unpaired) electrons. The predicted molar refractivity (Wildman–Crippen MR) is 53.1 cm³/mol. The van der Waals surface area contributed by atoms with Crippen LogP contribution in [-0.4, -0.2) is 27.0 Å². The molecule has 0 fully saturated rings. The molecular weight excluding hydrogens is 204 g/mol. The largest absolute Gasteiger partial charge is 0.507 e. The van der Waals surface area contributed by atoms with Gasteiger partial charge < -0.3 is 15.3 Å². The van der Waals surface area contributed by atoms with E-state index in [0.29, 0.717) is 5.75 Å². The molecule has 0 aliphatic rings. The Morgan fingerprint density at radius 3 is 2.43 bits per heavy atom. The molecule has 4 nitrogen and oxygen atoms in total. The van der Waals surface area contributed by atoms with E-state index in [9.17, 15) is 15.0 Å². The summed E-state index contributed by atoms with van der Waals surface area (Å²) in [6.07, 6.45) is 0. The minimum Gasteiger partial charge on any atom is -0.507 e. The lowest BCUT2D eigenvalue weighted by Crippen LogP contribution is -1.99. The number of aromatic hydroxyl groups is 2. The lowest BCUT2D eigenvalue weighted by molar-refractivity contribution is 0.0689. The number of hydrogen-bond donors (Lipinski definition) is 3. The van der Waals surface area contributed by atoms with E-state index in [-0.39, 0.29) is 22.0 Å². The van der Waals surface area contributed by atoms with Crippen molar-refractivity contribution < 1.29 is 20.1 Å². The molecule has 0 aliphatic carbocycles. The van der Waals surface area contributed by atoms with Gasteiger partial charge in [0.15, 0.2) is 0 Å². The van der Waals surface area contributed by atoms with Gasteiger partial charge in [0.2, 0.25) is 0 Å². The van der Waals surface area contributed by atoms with Crippen LogP contribution < -0.4 is 0 Å². The molecule has 0 aromatic heterocycles. The van der Waals surface area contributed by atoms with Crippen LogP contribution in [0.4, 0.5) is 0 Å². The third-order valence-electron chi connectivity index (χ3n) is 1.62. The lowest BCUT2D eigenvalue weighted by atomic mass is 10.2. The van der Waals surface area contributed by atoms with Gasteiger partial charge in [0.1, 0.15) is 17.1 Å². The molecule has 0 amide bonds. The molecule has 14 heavy (non-hydrogen) atoms. The van der Waals surface area contributed by atoms with Gasteiger partial charge in [-0.2, -0.15) is 0 Å². The summed E-state index contributed by atoms with van der Waals surface area (Å²) in [7, 11) is 0. The zero-order chi connectivity index (χ0) is 10.7. The zero-order valence-corrected chi connectivity index (χ0v) is 8.34. The van der Waals surface area contributed by atoms with Gasteiger partial charge in [-0.25, -0.2) is 4.79 Å². The molecule has 1 rings (SSSR count). The fraction of sp³-hybridized carbons (Fsp3) is 0.222. The summed E-state index contributed by atoms with van der Waals surface area (Å²) in [5.41, 5.74) is -0.239. The Labute approximate surface area is 85.2 Å². The van der Waals surface area contributed by atoms with E-state index in [0.717, 1.165) is 0 Å². The summed E-state index contributed by atoms with van der Waals surface area (Å²) in [4.78, 5) is 11.0. The minimum absolute atomic E-state index is 0.118. The van der Waals surface area contributed by atoms with E-state index in [1.807, 2.05) is 6.92 Å². The molecular formula is C9H10O4S. The number of aromatic carboxylic acids is 1. The minimum atomic E-state index is -1.24. The van der Waals surface area contributed by atoms with Gasteiger partial charge in [-0.15, -0.1) is 11.8 Å². The first-order chi connectivity index (χ1) is 6.57. The van der Waals surface area contributed by atoms with Gasteiger partial charge in [0.25, 0.3) is 0 Å². The highest BCUT2D eigenvalue weighted by Crippen LogP contribution is 2.36. The maximum atomic E-state index is 10.8. The van der Waals surface area contributed by atoms with E-state index in [1.54, 1.807) is 0 Å². The topological polar surface area (TPSA) is 77.8 Å². The highest BCUT2D eigenvalue weighted by atomic mass is 32.2. The van der Waals surface area contributed by atoms with Gasteiger partial charge in [0, 0.05) is 0 Å². The summed E-state index contributed by atoms with van der Waals surface area (Å²) in [5, 5.41) is 27.5. The molecule has 0 heterocycles.